The molecule has 0 fully saturated rings. The Morgan fingerprint density at radius 1 is 1.30 bits per heavy atom. The normalized spacial score (nSPS) is 11.1. The van der Waals surface area contributed by atoms with Gasteiger partial charge in [-0.3, -0.25) is 14.2 Å². The first-order chi connectivity index (χ1) is 13.0. The smallest absolute Gasteiger partial charge is 0.276 e. The highest BCUT2D eigenvalue weighted by Gasteiger charge is 2.17. The van der Waals surface area contributed by atoms with Crippen molar-refractivity contribution in [2.24, 2.45) is 0 Å². The topological polar surface area (TPSA) is 64.0 Å². The Balaban J connectivity index is 2.00. The first-order valence-electron chi connectivity index (χ1n) is 8.99. The molecule has 0 saturated heterocycles. The molecule has 0 aliphatic carbocycles. The molecule has 142 valence electrons. The molecule has 0 radical (unpaired) electrons. The molecule has 3 rings (SSSR count). The largest absolute Gasteiger partial charge is 0.355 e. The summed E-state index contributed by atoms with van der Waals surface area (Å²) in [6.45, 7) is 6.79. The van der Waals surface area contributed by atoms with Gasteiger partial charge in [-0.05, 0) is 48.9 Å². The number of hydrogen-bond acceptors (Lipinski definition) is 5. The van der Waals surface area contributed by atoms with Crippen LogP contribution in [-0.2, 0) is 4.79 Å². The van der Waals surface area contributed by atoms with Gasteiger partial charge in [-0.25, -0.2) is 4.98 Å². The fourth-order valence-electron chi connectivity index (χ4n) is 2.76. The summed E-state index contributed by atoms with van der Waals surface area (Å²) in [5.41, 5.74) is 3.56. The third-order valence-corrected chi connectivity index (χ3v) is 6.28. The Hall–Kier alpha value is -2.12. The Morgan fingerprint density at radius 2 is 2.11 bits per heavy atom. The van der Waals surface area contributed by atoms with Crippen molar-refractivity contribution < 1.29 is 4.79 Å². The van der Waals surface area contributed by atoms with Gasteiger partial charge in [0.2, 0.25) is 5.91 Å². The molecule has 5 nitrogen and oxygen atoms in total. The van der Waals surface area contributed by atoms with Crippen molar-refractivity contribution in [1.82, 2.24) is 14.9 Å². The minimum Gasteiger partial charge on any atom is -0.355 e. The van der Waals surface area contributed by atoms with Crippen molar-refractivity contribution in [3.05, 3.63) is 51.1 Å². The molecule has 1 aromatic carbocycles. The zero-order chi connectivity index (χ0) is 19.4. The number of nitrogens with zero attached hydrogens (tertiary/aromatic N) is 2. The van der Waals surface area contributed by atoms with Crippen molar-refractivity contribution >= 4 is 39.2 Å². The number of amides is 1. The van der Waals surface area contributed by atoms with E-state index in [4.69, 9.17) is 0 Å². The van der Waals surface area contributed by atoms with Crippen LogP contribution in [-0.4, -0.2) is 27.8 Å². The van der Waals surface area contributed by atoms with Gasteiger partial charge in [-0.2, -0.15) is 0 Å². The quantitative estimate of drug-likeness (QED) is 0.368. The second kappa shape index (κ2) is 8.71. The first kappa shape index (κ1) is 19.6. The van der Waals surface area contributed by atoms with Crippen LogP contribution in [0.15, 0.2) is 39.6 Å². The molecule has 1 N–H and O–H groups in total. The van der Waals surface area contributed by atoms with Crippen LogP contribution in [0.5, 0.6) is 0 Å². The van der Waals surface area contributed by atoms with Crippen LogP contribution >= 0.6 is 23.1 Å². The van der Waals surface area contributed by atoms with Crippen molar-refractivity contribution in [2.45, 2.75) is 38.8 Å². The van der Waals surface area contributed by atoms with E-state index in [2.05, 4.69) is 17.2 Å². The zero-order valence-electron chi connectivity index (χ0n) is 15.7. The second-order valence-electron chi connectivity index (χ2n) is 6.38. The van der Waals surface area contributed by atoms with E-state index in [9.17, 15) is 9.59 Å². The number of rotatable bonds is 7. The van der Waals surface area contributed by atoms with Crippen LogP contribution in [0, 0.1) is 13.8 Å². The molecule has 2 heterocycles. The molecule has 0 aliphatic rings. The van der Waals surface area contributed by atoms with E-state index in [0.717, 1.165) is 29.7 Å². The van der Waals surface area contributed by atoms with Crippen LogP contribution in [0.2, 0.25) is 0 Å². The van der Waals surface area contributed by atoms with Crippen molar-refractivity contribution in [1.29, 1.82) is 0 Å². The molecule has 0 unspecified atom stereocenters. The predicted molar refractivity (Wildman–Crippen MR) is 113 cm³/mol. The Kier molecular flexibility index (Phi) is 6.34. The molecule has 1 amide bonds. The maximum atomic E-state index is 13.1. The number of aromatic nitrogens is 2. The van der Waals surface area contributed by atoms with E-state index in [1.165, 1.54) is 23.1 Å². The minimum absolute atomic E-state index is 0.0411. The molecule has 0 bridgehead atoms. The van der Waals surface area contributed by atoms with E-state index in [0.29, 0.717) is 21.9 Å². The molecular weight excluding hydrogens is 378 g/mol. The maximum Gasteiger partial charge on any atom is 0.276 e. The highest BCUT2D eigenvalue weighted by Crippen LogP contribution is 2.25. The number of fused-ring (bicyclic) bond motifs is 1. The van der Waals surface area contributed by atoms with Crippen LogP contribution < -0.4 is 10.9 Å². The monoisotopic (exact) mass is 401 g/mol. The molecule has 3 aromatic rings. The number of thiophene rings is 1. The van der Waals surface area contributed by atoms with Gasteiger partial charge >= 0.3 is 0 Å². The van der Waals surface area contributed by atoms with Gasteiger partial charge in [0.15, 0.2) is 5.16 Å². The van der Waals surface area contributed by atoms with Gasteiger partial charge in [-0.1, -0.05) is 37.2 Å². The Bertz CT molecular complexity index is 1020. The molecule has 7 heteroatoms. The number of benzene rings is 1. The lowest BCUT2D eigenvalue weighted by Gasteiger charge is -2.15. The fraction of sp³-hybridized carbons (Fsp3) is 0.350. The molecule has 0 saturated carbocycles. The van der Waals surface area contributed by atoms with Crippen LogP contribution in [0.1, 0.15) is 30.9 Å². The third kappa shape index (κ3) is 4.25. The molecule has 27 heavy (non-hydrogen) atoms. The summed E-state index contributed by atoms with van der Waals surface area (Å²) in [5.74, 6) is 0.192. The number of hydrogen-bond donors (Lipinski definition) is 1. The van der Waals surface area contributed by atoms with E-state index in [-0.39, 0.29) is 17.2 Å². The van der Waals surface area contributed by atoms with Gasteiger partial charge in [0.05, 0.1) is 17.0 Å². The second-order valence-corrected chi connectivity index (χ2v) is 8.24. The fourth-order valence-corrected chi connectivity index (χ4v) is 4.36. The highest BCUT2D eigenvalue weighted by molar-refractivity contribution is 7.99. The summed E-state index contributed by atoms with van der Waals surface area (Å²) in [6, 6.07) is 7.74. The molecule has 0 spiro atoms. The summed E-state index contributed by atoms with van der Waals surface area (Å²) in [7, 11) is 0. The Morgan fingerprint density at radius 3 is 2.89 bits per heavy atom. The van der Waals surface area contributed by atoms with Crippen LogP contribution in [0.3, 0.4) is 0 Å². The molecule has 0 aliphatic heterocycles. The van der Waals surface area contributed by atoms with Gasteiger partial charge in [0, 0.05) is 6.54 Å². The summed E-state index contributed by atoms with van der Waals surface area (Å²) in [5, 5.41) is 5.33. The number of unbranched alkanes of at least 4 members (excludes halogenated alkanes) is 1. The lowest BCUT2D eigenvalue weighted by atomic mass is 10.1. The standard InChI is InChI=1S/C20H23N3O2S2/c1-4-5-10-21-17(24)12-27-20-22-15-9-11-26-18(15)19(25)23(20)16-8-6-7-13(2)14(16)3/h6-9,11H,4-5,10,12H2,1-3H3,(H,21,24). The van der Waals surface area contributed by atoms with E-state index < -0.39 is 0 Å². The predicted octanol–water partition coefficient (Wildman–Crippen LogP) is 4.07. The maximum absolute atomic E-state index is 13.1. The average molecular weight is 402 g/mol. The molecular formula is C20H23N3O2S2. The number of carbonyl (C=O) groups excluding carboxylic acids is 1. The van der Waals surface area contributed by atoms with E-state index in [1.54, 1.807) is 4.57 Å². The number of nitrogens with one attached hydrogen (secondary N) is 1. The lowest BCUT2D eigenvalue weighted by Crippen LogP contribution is -2.27. The molecule has 0 atom stereocenters. The van der Waals surface area contributed by atoms with Gasteiger partial charge in [-0.15, -0.1) is 11.3 Å². The number of aryl methyl sites for hydroxylation is 1. The minimum atomic E-state index is -0.0856. The van der Waals surface area contributed by atoms with Crippen LogP contribution in [0.25, 0.3) is 15.9 Å². The summed E-state index contributed by atoms with van der Waals surface area (Å²) in [6.07, 6.45) is 2.00. The van der Waals surface area contributed by atoms with Crippen molar-refractivity contribution in [3.63, 3.8) is 0 Å². The van der Waals surface area contributed by atoms with E-state index in [1.807, 2.05) is 43.5 Å². The summed E-state index contributed by atoms with van der Waals surface area (Å²) < 4.78 is 2.28. The van der Waals surface area contributed by atoms with Crippen LogP contribution in [0.4, 0.5) is 0 Å². The number of carbonyl (C=O) groups is 1. The SMILES string of the molecule is CCCCNC(=O)CSc1nc2ccsc2c(=O)n1-c1cccc(C)c1C. The lowest BCUT2D eigenvalue weighted by molar-refractivity contribution is -0.118. The first-order valence-corrected chi connectivity index (χ1v) is 10.9. The van der Waals surface area contributed by atoms with Gasteiger partial charge in [0.1, 0.15) is 4.70 Å². The summed E-state index contributed by atoms with van der Waals surface area (Å²) in [4.78, 5) is 29.9. The van der Waals surface area contributed by atoms with Crippen molar-refractivity contribution in [2.75, 3.05) is 12.3 Å². The third-order valence-electron chi connectivity index (χ3n) is 4.45. The van der Waals surface area contributed by atoms with E-state index >= 15 is 0 Å². The zero-order valence-corrected chi connectivity index (χ0v) is 17.4. The highest BCUT2D eigenvalue weighted by atomic mass is 32.2. The Labute approximate surface area is 166 Å². The van der Waals surface area contributed by atoms with Crippen molar-refractivity contribution in [3.8, 4) is 5.69 Å². The van der Waals surface area contributed by atoms with Gasteiger partial charge < -0.3 is 5.32 Å². The summed E-state index contributed by atoms with van der Waals surface area (Å²) >= 11 is 2.69. The molecule has 2 aromatic heterocycles. The number of thioether (sulfide) groups is 1. The van der Waals surface area contributed by atoms with Gasteiger partial charge in [0.25, 0.3) is 5.56 Å². The average Bonchev–Trinajstić information content (AvgIpc) is 3.12.